The number of hydrogen-bond acceptors (Lipinski definition) is 6. The maximum atomic E-state index is 12.8. The van der Waals surface area contributed by atoms with Crippen LogP contribution in [-0.4, -0.2) is 38.8 Å². The van der Waals surface area contributed by atoms with E-state index in [2.05, 4.69) is 4.99 Å². The fraction of sp³-hybridized carbons (Fsp3) is 0.450. The molecule has 6 nitrogen and oxygen atoms in total. The Hall–Kier alpha value is -2.63. The zero-order valence-corrected chi connectivity index (χ0v) is 15.5. The van der Waals surface area contributed by atoms with E-state index in [1.165, 1.54) is 7.11 Å². The number of methoxy groups -OCH3 is 3. The Morgan fingerprint density at radius 1 is 1.15 bits per heavy atom. The highest BCUT2D eigenvalue weighted by molar-refractivity contribution is 6.09. The van der Waals surface area contributed by atoms with E-state index in [-0.39, 0.29) is 5.78 Å². The van der Waals surface area contributed by atoms with Crippen molar-refractivity contribution < 1.29 is 23.8 Å². The maximum Gasteiger partial charge on any atom is 0.315 e. The van der Waals surface area contributed by atoms with Gasteiger partial charge in [-0.3, -0.25) is 14.6 Å². The Morgan fingerprint density at radius 2 is 1.92 bits per heavy atom. The average molecular weight is 357 g/mol. The molecule has 1 aromatic carbocycles. The molecular weight excluding hydrogens is 334 g/mol. The largest absolute Gasteiger partial charge is 0.493 e. The summed E-state index contributed by atoms with van der Waals surface area (Å²) in [5.41, 5.74) is 2.76. The van der Waals surface area contributed by atoms with E-state index in [0.29, 0.717) is 29.2 Å². The molecule has 0 amide bonds. The molecular formula is C20H23NO5. The Balaban J connectivity index is 2.26. The van der Waals surface area contributed by atoms with Gasteiger partial charge in [-0.15, -0.1) is 0 Å². The third-order valence-electron chi connectivity index (χ3n) is 5.06. The molecule has 0 saturated carbocycles. The predicted octanol–water partition coefficient (Wildman–Crippen LogP) is 3.06. The number of benzene rings is 1. The number of nitrogens with zero attached hydrogens (tertiary/aromatic N) is 1. The van der Waals surface area contributed by atoms with Crippen molar-refractivity contribution in [3.05, 3.63) is 35.0 Å². The van der Waals surface area contributed by atoms with Gasteiger partial charge in [0.25, 0.3) is 0 Å². The lowest BCUT2D eigenvalue weighted by atomic mass is 9.71. The molecule has 0 bridgehead atoms. The first-order valence-corrected chi connectivity index (χ1v) is 8.63. The monoisotopic (exact) mass is 357 g/mol. The van der Waals surface area contributed by atoms with Crippen LogP contribution in [-0.2, 0) is 14.3 Å². The van der Waals surface area contributed by atoms with Crippen LogP contribution in [0, 0.1) is 5.92 Å². The van der Waals surface area contributed by atoms with E-state index in [1.807, 2.05) is 19.1 Å². The highest BCUT2D eigenvalue weighted by Gasteiger charge is 2.44. The number of rotatable bonds is 4. The summed E-state index contributed by atoms with van der Waals surface area (Å²) in [5, 5.41) is 0. The van der Waals surface area contributed by atoms with Gasteiger partial charge in [-0.25, -0.2) is 0 Å². The third-order valence-corrected chi connectivity index (χ3v) is 5.06. The number of esters is 1. The van der Waals surface area contributed by atoms with Crippen molar-refractivity contribution in [2.75, 3.05) is 21.3 Å². The Bertz CT molecular complexity index is 808. The highest BCUT2D eigenvalue weighted by atomic mass is 16.5. The summed E-state index contributed by atoms with van der Waals surface area (Å²) < 4.78 is 16.0. The second-order valence-corrected chi connectivity index (χ2v) is 6.45. The summed E-state index contributed by atoms with van der Waals surface area (Å²) in [6, 6.07) is 5.49. The molecule has 1 unspecified atom stereocenters. The number of Topliss-reactive ketones (excluding diaryl/α,β-unsaturated/α-hetero) is 1. The van der Waals surface area contributed by atoms with Crippen LogP contribution in [0.4, 0.5) is 0 Å². The Morgan fingerprint density at radius 3 is 2.58 bits per heavy atom. The quantitative estimate of drug-likeness (QED) is 0.774. The fourth-order valence-electron chi connectivity index (χ4n) is 3.93. The molecule has 1 aliphatic carbocycles. The van der Waals surface area contributed by atoms with E-state index >= 15 is 0 Å². The minimum Gasteiger partial charge on any atom is -0.493 e. The summed E-state index contributed by atoms with van der Waals surface area (Å²) in [4.78, 5) is 29.9. The van der Waals surface area contributed by atoms with Gasteiger partial charge < -0.3 is 14.2 Å². The highest BCUT2D eigenvalue weighted by Crippen LogP contribution is 2.48. The summed E-state index contributed by atoms with van der Waals surface area (Å²) in [6.07, 6.45) is 1.97. The molecule has 1 aliphatic heterocycles. The van der Waals surface area contributed by atoms with Crippen LogP contribution in [0.3, 0.4) is 0 Å². The number of ether oxygens (including phenoxy) is 3. The standard InChI is InChI=1S/C20H23NO5/c1-11-16(20(23)26-4)17(18-13(21-11)8-6-9-14(18)22)12-7-5-10-15(24-2)19(12)25-3/h5,7,10,16-17H,6,8-9H2,1-4H3/t16?,17-/m0/s1. The second-order valence-electron chi connectivity index (χ2n) is 6.45. The van der Waals surface area contributed by atoms with Gasteiger partial charge in [0.15, 0.2) is 17.3 Å². The molecule has 6 heteroatoms. The lowest BCUT2D eigenvalue weighted by Gasteiger charge is -2.35. The predicted molar refractivity (Wildman–Crippen MR) is 96.8 cm³/mol. The first-order valence-electron chi connectivity index (χ1n) is 8.63. The minimum atomic E-state index is -0.665. The average Bonchev–Trinajstić information content (AvgIpc) is 2.65. The lowest BCUT2D eigenvalue weighted by molar-refractivity contribution is -0.143. The lowest BCUT2D eigenvalue weighted by Crippen LogP contribution is -2.37. The van der Waals surface area contributed by atoms with Crippen LogP contribution < -0.4 is 9.47 Å². The van der Waals surface area contributed by atoms with Gasteiger partial charge in [-0.1, -0.05) is 12.1 Å². The van der Waals surface area contributed by atoms with Gasteiger partial charge in [0.2, 0.25) is 0 Å². The van der Waals surface area contributed by atoms with Crippen molar-refractivity contribution in [1.29, 1.82) is 0 Å². The number of hydrogen-bond donors (Lipinski definition) is 0. The van der Waals surface area contributed by atoms with Crippen molar-refractivity contribution in [2.45, 2.75) is 32.1 Å². The number of carbonyl (C=O) groups is 2. The van der Waals surface area contributed by atoms with Crippen LogP contribution in [0.25, 0.3) is 0 Å². The number of aliphatic imine (C=N–C) groups is 1. The number of para-hydroxylation sites is 1. The smallest absolute Gasteiger partial charge is 0.315 e. The van der Waals surface area contributed by atoms with Crippen LogP contribution in [0.15, 0.2) is 34.5 Å². The molecule has 2 atom stereocenters. The molecule has 0 N–H and O–H groups in total. The Labute approximate surface area is 152 Å². The van der Waals surface area contributed by atoms with Gasteiger partial charge in [-0.2, -0.15) is 0 Å². The van der Waals surface area contributed by atoms with Crippen molar-refractivity contribution >= 4 is 17.5 Å². The zero-order chi connectivity index (χ0) is 18.8. The fourth-order valence-corrected chi connectivity index (χ4v) is 3.93. The van der Waals surface area contributed by atoms with E-state index in [4.69, 9.17) is 14.2 Å². The summed E-state index contributed by atoms with van der Waals surface area (Å²) in [7, 11) is 4.46. The molecule has 138 valence electrons. The van der Waals surface area contributed by atoms with E-state index in [0.717, 1.165) is 24.1 Å². The van der Waals surface area contributed by atoms with E-state index in [1.54, 1.807) is 20.3 Å². The third kappa shape index (κ3) is 2.89. The summed E-state index contributed by atoms with van der Waals surface area (Å²) in [6.45, 7) is 1.81. The molecule has 0 fully saturated rings. The van der Waals surface area contributed by atoms with Crippen LogP contribution in [0.5, 0.6) is 11.5 Å². The molecule has 0 aromatic heterocycles. The van der Waals surface area contributed by atoms with Crippen LogP contribution >= 0.6 is 0 Å². The number of ketones is 1. The van der Waals surface area contributed by atoms with Crippen molar-refractivity contribution in [3.63, 3.8) is 0 Å². The number of allylic oxidation sites excluding steroid dienone is 2. The molecule has 1 aromatic rings. The topological polar surface area (TPSA) is 74.2 Å². The minimum absolute atomic E-state index is 0.0336. The van der Waals surface area contributed by atoms with Crippen molar-refractivity contribution in [1.82, 2.24) is 0 Å². The van der Waals surface area contributed by atoms with Gasteiger partial charge in [0, 0.05) is 34.9 Å². The molecule has 0 spiro atoms. The van der Waals surface area contributed by atoms with Gasteiger partial charge in [0.05, 0.1) is 21.3 Å². The summed E-state index contributed by atoms with van der Waals surface area (Å²) in [5.74, 6) is -0.458. The zero-order valence-electron chi connectivity index (χ0n) is 15.5. The van der Waals surface area contributed by atoms with Gasteiger partial charge in [-0.05, 0) is 25.8 Å². The first-order chi connectivity index (χ1) is 12.5. The second kappa shape index (κ2) is 7.32. The van der Waals surface area contributed by atoms with Gasteiger partial charge in [0.1, 0.15) is 5.92 Å². The molecule has 0 saturated heterocycles. The van der Waals surface area contributed by atoms with Crippen molar-refractivity contribution in [2.24, 2.45) is 10.9 Å². The summed E-state index contributed by atoms with van der Waals surface area (Å²) >= 11 is 0. The number of carbonyl (C=O) groups excluding carboxylic acids is 2. The first kappa shape index (κ1) is 18.2. The van der Waals surface area contributed by atoms with Crippen LogP contribution in [0.1, 0.15) is 37.7 Å². The Kier molecular flexibility index (Phi) is 5.11. The van der Waals surface area contributed by atoms with E-state index in [9.17, 15) is 9.59 Å². The molecule has 26 heavy (non-hydrogen) atoms. The van der Waals surface area contributed by atoms with Crippen LogP contribution in [0.2, 0.25) is 0 Å². The molecule has 0 radical (unpaired) electrons. The maximum absolute atomic E-state index is 12.8. The normalized spacial score (nSPS) is 22.5. The van der Waals surface area contributed by atoms with E-state index < -0.39 is 17.8 Å². The van der Waals surface area contributed by atoms with Crippen molar-refractivity contribution in [3.8, 4) is 11.5 Å². The SMILES string of the molecule is COC(=O)C1C(C)=NC2=C(C(=O)CCC2)[C@H]1c1cccc(OC)c1OC. The van der Waals surface area contributed by atoms with Gasteiger partial charge >= 0.3 is 5.97 Å². The molecule has 3 rings (SSSR count). The molecule has 1 heterocycles. The molecule has 2 aliphatic rings.